The molecule has 0 amide bonds. The molecule has 0 fully saturated rings. The number of aryl methyl sites for hydroxylation is 1. The lowest BCUT2D eigenvalue weighted by Gasteiger charge is -2.20. The smallest absolute Gasteiger partial charge is 0.284 e. The van der Waals surface area contributed by atoms with E-state index in [1.54, 1.807) is 6.92 Å². The molecule has 1 aromatic rings. The summed E-state index contributed by atoms with van der Waals surface area (Å²) in [5.74, 6) is 0.488. The van der Waals surface area contributed by atoms with Gasteiger partial charge in [-0.1, -0.05) is 20.8 Å². The normalized spacial score (nSPS) is 17.3. The Labute approximate surface area is 107 Å². The third kappa shape index (κ3) is 1.80. The highest BCUT2D eigenvalue weighted by atomic mass is 32.2. The predicted octanol–water partition coefficient (Wildman–Crippen LogP) is 1.94. The van der Waals surface area contributed by atoms with Crippen LogP contribution in [0.25, 0.3) is 0 Å². The fourth-order valence-electron chi connectivity index (χ4n) is 1.97. The van der Waals surface area contributed by atoms with E-state index >= 15 is 0 Å². The molecule has 0 saturated carbocycles. The summed E-state index contributed by atoms with van der Waals surface area (Å²) in [6, 6.07) is 0. The predicted molar refractivity (Wildman–Crippen MR) is 68.7 cm³/mol. The molecule has 2 heterocycles. The van der Waals surface area contributed by atoms with Gasteiger partial charge in [-0.05, 0) is 6.92 Å². The first kappa shape index (κ1) is 13.0. The van der Waals surface area contributed by atoms with Crippen molar-refractivity contribution in [3.05, 3.63) is 17.5 Å². The second kappa shape index (κ2) is 3.78. The van der Waals surface area contributed by atoms with E-state index < -0.39 is 10.0 Å². The fraction of sp³-hybridized carbons (Fsp3) is 0.500. The number of methoxy groups -OCH3 is 1. The van der Waals surface area contributed by atoms with Crippen LogP contribution in [0.15, 0.2) is 15.5 Å². The van der Waals surface area contributed by atoms with E-state index in [1.165, 1.54) is 13.3 Å². The summed E-state index contributed by atoms with van der Waals surface area (Å²) in [7, 11) is -2.13. The number of rotatable bonds is 1. The molecule has 0 atom stereocenters. The minimum Gasteiger partial charge on any atom is -0.494 e. The third-order valence-electron chi connectivity index (χ3n) is 2.82. The molecule has 0 spiro atoms. The molecule has 98 valence electrons. The van der Waals surface area contributed by atoms with Crippen LogP contribution in [0.5, 0.6) is 5.75 Å². The molecule has 1 aliphatic heterocycles. The minimum atomic E-state index is -3.64. The lowest BCUT2D eigenvalue weighted by atomic mass is 9.85. The van der Waals surface area contributed by atoms with Crippen LogP contribution >= 0.6 is 0 Å². The number of pyridine rings is 1. The van der Waals surface area contributed by atoms with Crippen LogP contribution in [0.4, 0.5) is 0 Å². The first-order chi connectivity index (χ1) is 8.18. The molecular formula is C12H16N2O3S. The lowest BCUT2D eigenvalue weighted by Crippen LogP contribution is -2.21. The number of ether oxygens (including phenoxy) is 1. The number of sulfonamides is 1. The van der Waals surface area contributed by atoms with E-state index in [4.69, 9.17) is 4.74 Å². The summed E-state index contributed by atoms with van der Waals surface area (Å²) in [4.78, 5) is 4.19. The number of aromatic nitrogens is 1. The van der Waals surface area contributed by atoms with E-state index in [0.717, 1.165) is 0 Å². The highest BCUT2D eigenvalue weighted by Crippen LogP contribution is 2.39. The Morgan fingerprint density at radius 1 is 1.28 bits per heavy atom. The summed E-state index contributed by atoms with van der Waals surface area (Å²) in [6.45, 7) is 7.55. The molecule has 0 radical (unpaired) electrons. The van der Waals surface area contributed by atoms with Crippen molar-refractivity contribution in [1.82, 2.24) is 4.98 Å². The van der Waals surface area contributed by atoms with E-state index in [2.05, 4.69) is 9.38 Å². The van der Waals surface area contributed by atoms with Crippen LogP contribution in [0.1, 0.15) is 32.0 Å². The molecule has 0 bridgehead atoms. The van der Waals surface area contributed by atoms with Gasteiger partial charge in [-0.25, -0.2) is 0 Å². The van der Waals surface area contributed by atoms with Crippen molar-refractivity contribution in [3.63, 3.8) is 0 Å². The van der Waals surface area contributed by atoms with Gasteiger partial charge in [0.2, 0.25) is 0 Å². The summed E-state index contributed by atoms with van der Waals surface area (Å²) >= 11 is 0. The molecule has 0 aliphatic carbocycles. The van der Waals surface area contributed by atoms with Gasteiger partial charge < -0.3 is 4.74 Å². The maximum absolute atomic E-state index is 12.0. The van der Waals surface area contributed by atoms with Crippen molar-refractivity contribution < 1.29 is 13.2 Å². The summed E-state index contributed by atoms with van der Waals surface area (Å²) in [5, 5.41) is 0. The zero-order chi connectivity index (χ0) is 13.7. The fourth-order valence-corrected chi connectivity index (χ4v) is 3.31. The molecule has 18 heavy (non-hydrogen) atoms. The van der Waals surface area contributed by atoms with Gasteiger partial charge >= 0.3 is 0 Å². The van der Waals surface area contributed by atoms with Crippen molar-refractivity contribution in [1.29, 1.82) is 0 Å². The lowest BCUT2D eigenvalue weighted by molar-refractivity contribution is 0.405. The van der Waals surface area contributed by atoms with Gasteiger partial charge in [0.15, 0.2) is 5.75 Å². The van der Waals surface area contributed by atoms with Gasteiger partial charge in [-0.3, -0.25) is 4.98 Å². The van der Waals surface area contributed by atoms with Crippen LogP contribution in [-0.2, 0) is 10.0 Å². The molecule has 1 aliphatic rings. The van der Waals surface area contributed by atoms with Crippen molar-refractivity contribution >= 4 is 15.7 Å². The van der Waals surface area contributed by atoms with Crippen LogP contribution in [0.2, 0.25) is 0 Å². The number of nitrogens with zero attached hydrogens (tertiary/aromatic N) is 2. The van der Waals surface area contributed by atoms with Gasteiger partial charge in [0, 0.05) is 11.6 Å². The average Bonchev–Trinajstić information content (AvgIpc) is 2.50. The molecule has 0 saturated heterocycles. The van der Waals surface area contributed by atoms with Gasteiger partial charge in [-0.15, -0.1) is 0 Å². The van der Waals surface area contributed by atoms with E-state index in [9.17, 15) is 8.42 Å². The van der Waals surface area contributed by atoms with Gasteiger partial charge in [0.25, 0.3) is 10.0 Å². The van der Waals surface area contributed by atoms with Crippen molar-refractivity contribution in [2.24, 2.45) is 9.81 Å². The maximum atomic E-state index is 12.0. The SMILES string of the molecule is COc1c(C)ncc2c1C(C(C)(C)C)=NS2(=O)=O. The maximum Gasteiger partial charge on any atom is 0.284 e. The molecule has 2 rings (SSSR count). The van der Waals surface area contributed by atoms with Crippen molar-refractivity contribution in [3.8, 4) is 5.75 Å². The topological polar surface area (TPSA) is 68.6 Å². The van der Waals surface area contributed by atoms with Gasteiger partial charge in [-0.2, -0.15) is 12.8 Å². The molecule has 6 heteroatoms. The van der Waals surface area contributed by atoms with E-state index in [-0.39, 0.29) is 10.3 Å². The van der Waals surface area contributed by atoms with Gasteiger partial charge in [0.05, 0.1) is 24.1 Å². The molecule has 0 unspecified atom stereocenters. The van der Waals surface area contributed by atoms with Crippen LogP contribution < -0.4 is 4.74 Å². The van der Waals surface area contributed by atoms with Gasteiger partial charge in [0.1, 0.15) is 4.90 Å². The molecule has 5 nitrogen and oxygen atoms in total. The zero-order valence-corrected chi connectivity index (χ0v) is 11.9. The molecule has 0 N–H and O–H groups in total. The second-order valence-corrected chi connectivity index (χ2v) is 6.85. The van der Waals surface area contributed by atoms with Crippen LogP contribution in [0.3, 0.4) is 0 Å². The highest BCUT2D eigenvalue weighted by molar-refractivity contribution is 7.90. The molecular weight excluding hydrogens is 252 g/mol. The number of hydrogen-bond donors (Lipinski definition) is 0. The third-order valence-corrected chi connectivity index (χ3v) is 4.11. The van der Waals surface area contributed by atoms with E-state index in [0.29, 0.717) is 22.7 Å². The Bertz CT molecular complexity index is 640. The first-order valence-electron chi connectivity index (χ1n) is 5.58. The van der Waals surface area contributed by atoms with Crippen LogP contribution in [0, 0.1) is 12.3 Å². The van der Waals surface area contributed by atoms with Crippen molar-refractivity contribution in [2.45, 2.75) is 32.6 Å². The molecule has 1 aromatic heterocycles. The Morgan fingerprint density at radius 2 is 1.89 bits per heavy atom. The monoisotopic (exact) mass is 268 g/mol. The standard InChI is InChI=1S/C12H16N2O3S/c1-7-10(17-5)9-8(6-13-7)18(15,16)14-11(9)12(2,3)4/h6H,1-5H3. The Morgan fingerprint density at radius 3 is 2.39 bits per heavy atom. The van der Waals surface area contributed by atoms with E-state index in [1.807, 2.05) is 20.8 Å². The summed E-state index contributed by atoms with van der Waals surface area (Å²) in [5.41, 5.74) is 1.36. The largest absolute Gasteiger partial charge is 0.494 e. The Hall–Kier alpha value is -1.43. The minimum absolute atomic E-state index is 0.134. The molecule has 0 aromatic carbocycles. The average molecular weight is 268 g/mol. The Kier molecular flexibility index (Phi) is 2.73. The second-order valence-electron chi connectivity index (χ2n) is 5.28. The summed E-state index contributed by atoms with van der Waals surface area (Å²) < 4.78 is 33.2. The highest BCUT2D eigenvalue weighted by Gasteiger charge is 2.38. The summed E-state index contributed by atoms with van der Waals surface area (Å²) in [6.07, 6.45) is 1.35. The number of fused-ring (bicyclic) bond motifs is 1. The van der Waals surface area contributed by atoms with Crippen LogP contribution in [-0.4, -0.2) is 26.2 Å². The number of hydrogen-bond acceptors (Lipinski definition) is 4. The Balaban J connectivity index is 2.86. The van der Waals surface area contributed by atoms with Crippen molar-refractivity contribution in [2.75, 3.05) is 7.11 Å². The first-order valence-corrected chi connectivity index (χ1v) is 7.02. The zero-order valence-electron chi connectivity index (χ0n) is 11.1. The quantitative estimate of drug-likeness (QED) is 0.780.